The van der Waals surface area contributed by atoms with Crippen molar-refractivity contribution in [2.45, 2.75) is 25.8 Å². The monoisotopic (exact) mass is 254 g/mol. The summed E-state index contributed by atoms with van der Waals surface area (Å²) in [5.41, 5.74) is 0. The number of nitrogens with zero attached hydrogens (tertiary/aromatic N) is 4. The SMILES string of the molecule is CNc1nc(NC(C)CCCO)nc(N(C)C)n1. The summed E-state index contributed by atoms with van der Waals surface area (Å²) in [6.07, 6.45) is 1.63. The van der Waals surface area contributed by atoms with Crippen LogP contribution in [0, 0.1) is 0 Å². The maximum atomic E-state index is 8.79. The van der Waals surface area contributed by atoms with Crippen molar-refractivity contribution in [1.82, 2.24) is 15.0 Å². The molecule has 0 radical (unpaired) electrons. The van der Waals surface area contributed by atoms with Gasteiger partial charge in [0.25, 0.3) is 0 Å². The smallest absolute Gasteiger partial charge is 0.231 e. The number of anilines is 3. The average molecular weight is 254 g/mol. The van der Waals surface area contributed by atoms with E-state index >= 15 is 0 Å². The van der Waals surface area contributed by atoms with Crippen LogP contribution in [-0.4, -0.2) is 53.9 Å². The second-order valence-electron chi connectivity index (χ2n) is 4.34. The molecule has 7 heteroatoms. The van der Waals surface area contributed by atoms with Crippen LogP contribution in [0.1, 0.15) is 19.8 Å². The van der Waals surface area contributed by atoms with E-state index in [0.29, 0.717) is 17.8 Å². The number of aromatic nitrogens is 3. The van der Waals surface area contributed by atoms with Gasteiger partial charge in [0.15, 0.2) is 0 Å². The lowest BCUT2D eigenvalue weighted by atomic mass is 10.2. The van der Waals surface area contributed by atoms with Gasteiger partial charge in [0, 0.05) is 33.8 Å². The molecule has 0 amide bonds. The molecule has 1 heterocycles. The quantitative estimate of drug-likeness (QED) is 0.655. The van der Waals surface area contributed by atoms with Gasteiger partial charge in [0.2, 0.25) is 17.8 Å². The fourth-order valence-electron chi connectivity index (χ4n) is 1.43. The lowest BCUT2D eigenvalue weighted by Crippen LogP contribution is -2.21. The lowest BCUT2D eigenvalue weighted by molar-refractivity contribution is 0.282. The van der Waals surface area contributed by atoms with Gasteiger partial charge in [0.1, 0.15) is 0 Å². The first kappa shape index (κ1) is 14.4. The summed E-state index contributed by atoms with van der Waals surface area (Å²) in [6, 6.07) is 0.208. The van der Waals surface area contributed by atoms with E-state index in [4.69, 9.17) is 5.11 Å². The van der Waals surface area contributed by atoms with Gasteiger partial charge in [-0.3, -0.25) is 0 Å². The molecule has 0 saturated carbocycles. The first-order valence-corrected chi connectivity index (χ1v) is 6.05. The maximum Gasteiger partial charge on any atom is 0.231 e. The van der Waals surface area contributed by atoms with Crippen molar-refractivity contribution < 1.29 is 5.11 Å². The van der Waals surface area contributed by atoms with Crippen molar-refractivity contribution in [2.75, 3.05) is 43.3 Å². The van der Waals surface area contributed by atoms with Gasteiger partial charge in [0.05, 0.1) is 0 Å². The van der Waals surface area contributed by atoms with Gasteiger partial charge in [-0.05, 0) is 19.8 Å². The molecule has 1 aromatic rings. The summed E-state index contributed by atoms with van der Waals surface area (Å²) in [5, 5.41) is 14.9. The number of aliphatic hydroxyl groups excluding tert-OH is 1. The predicted molar refractivity (Wildman–Crippen MR) is 73.1 cm³/mol. The second-order valence-corrected chi connectivity index (χ2v) is 4.34. The number of nitrogens with one attached hydrogen (secondary N) is 2. The average Bonchev–Trinajstić information content (AvgIpc) is 2.35. The van der Waals surface area contributed by atoms with Crippen LogP contribution >= 0.6 is 0 Å². The van der Waals surface area contributed by atoms with Gasteiger partial charge in [-0.15, -0.1) is 0 Å². The number of hydrogen-bond donors (Lipinski definition) is 3. The maximum absolute atomic E-state index is 8.79. The third kappa shape index (κ3) is 4.33. The zero-order valence-electron chi connectivity index (χ0n) is 11.4. The Morgan fingerprint density at radius 2 is 1.89 bits per heavy atom. The van der Waals surface area contributed by atoms with E-state index in [2.05, 4.69) is 25.6 Å². The molecular weight excluding hydrogens is 232 g/mol. The predicted octanol–water partition coefficient (Wildman–Crippen LogP) is 0.552. The van der Waals surface area contributed by atoms with Gasteiger partial charge < -0.3 is 20.6 Å². The van der Waals surface area contributed by atoms with Crippen LogP contribution in [0.15, 0.2) is 0 Å². The Bertz CT molecular complexity index is 371. The van der Waals surface area contributed by atoms with E-state index in [1.807, 2.05) is 25.9 Å². The van der Waals surface area contributed by atoms with Crippen molar-refractivity contribution in [1.29, 1.82) is 0 Å². The third-order valence-corrected chi connectivity index (χ3v) is 2.42. The highest BCUT2D eigenvalue weighted by Crippen LogP contribution is 2.12. The van der Waals surface area contributed by atoms with Gasteiger partial charge in [-0.25, -0.2) is 0 Å². The molecule has 0 aliphatic heterocycles. The normalized spacial score (nSPS) is 12.1. The second kappa shape index (κ2) is 6.95. The van der Waals surface area contributed by atoms with E-state index < -0.39 is 0 Å². The van der Waals surface area contributed by atoms with E-state index in [9.17, 15) is 0 Å². The molecule has 18 heavy (non-hydrogen) atoms. The summed E-state index contributed by atoms with van der Waals surface area (Å²) in [6.45, 7) is 2.24. The highest BCUT2D eigenvalue weighted by molar-refractivity contribution is 5.42. The molecule has 1 rings (SSSR count). The fraction of sp³-hybridized carbons (Fsp3) is 0.727. The molecular formula is C11H22N6O. The van der Waals surface area contributed by atoms with Crippen LogP contribution < -0.4 is 15.5 Å². The molecule has 0 aromatic carbocycles. The number of hydrogen-bond acceptors (Lipinski definition) is 7. The van der Waals surface area contributed by atoms with Gasteiger partial charge in [-0.2, -0.15) is 15.0 Å². The largest absolute Gasteiger partial charge is 0.396 e. The highest BCUT2D eigenvalue weighted by atomic mass is 16.2. The molecule has 0 spiro atoms. The number of rotatable bonds is 7. The Hall–Kier alpha value is -1.63. The molecule has 0 aliphatic rings. The van der Waals surface area contributed by atoms with Crippen molar-refractivity contribution in [3.05, 3.63) is 0 Å². The van der Waals surface area contributed by atoms with Crippen molar-refractivity contribution >= 4 is 17.8 Å². The minimum atomic E-state index is 0.202. The topological polar surface area (TPSA) is 86.2 Å². The molecule has 0 bridgehead atoms. The van der Waals surface area contributed by atoms with Crippen molar-refractivity contribution in [2.24, 2.45) is 0 Å². The Balaban J connectivity index is 2.77. The summed E-state index contributed by atoms with van der Waals surface area (Å²) >= 11 is 0. The summed E-state index contributed by atoms with van der Waals surface area (Å²) < 4.78 is 0. The molecule has 0 fully saturated rings. The Morgan fingerprint density at radius 1 is 1.22 bits per heavy atom. The Labute approximate surface area is 108 Å². The Kier molecular flexibility index (Phi) is 5.57. The first-order valence-electron chi connectivity index (χ1n) is 6.05. The van der Waals surface area contributed by atoms with E-state index in [1.54, 1.807) is 7.05 Å². The number of aliphatic hydroxyl groups is 1. The highest BCUT2D eigenvalue weighted by Gasteiger charge is 2.09. The van der Waals surface area contributed by atoms with Crippen LogP contribution in [0.3, 0.4) is 0 Å². The third-order valence-electron chi connectivity index (χ3n) is 2.42. The van der Waals surface area contributed by atoms with Crippen LogP contribution in [-0.2, 0) is 0 Å². The van der Waals surface area contributed by atoms with Crippen LogP contribution in [0.5, 0.6) is 0 Å². The lowest BCUT2D eigenvalue weighted by Gasteiger charge is -2.16. The van der Waals surface area contributed by atoms with Crippen LogP contribution in [0.25, 0.3) is 0 Å². The zero-order valence-corrected chi connectivity index (χ0v) is 11.4. The van der Waals surface area contributed by atoms with Crippen LogP contribution in [0.4, 0.5) is 17.8 Å². The summed E-state index contributed by atoms with van der Waals surface area (Å²) in [7, 11) is 5.54. The molecule has 3 N–H and O–H groups in total. The minimum absolute atomic E-state index is 0.202. The van der Waals surface area contributed by atoms with Gasteiger partial charge >= 0.3 is 0 Å². The zero-order chi connectivity index (χ0) is 13.5. The molecule has 0 aliphatic carbocycles. The minimum Gasteiger partial charge on any atom is -0.396 e. The van der Waals surface area contributed by atoms with E-state index in [0.717, 1.165) is 12.8 Å². The standard InChI is InChI=1S/C11H22N6O/c1-8(6-5-7-18)13-10-14-9(12-2)15-11(16-10)17(3)4/h8,18H,5-7H2,1-4H3,(H2,12,13,14,15,16). The molecule has 102 valence electrons. The Morgan fingerprint density at radius 3 is 2.44 bits per heavy atom. The summed E-state index contributed by atoms with van der Waals surface area (Å²) in [4.78, 5) is 14.6. The van der Waals surface area contributed by atoms with Crippen molar-refractivity contribution in [3.8, 4) is 0 Å². The van der Waals surface area contributed by atoms with Gasteiger partial charge in [-0.1, -0.05) is 0 Å². The molecule has 1 aromatic heterocycles. The van der Waals surface area contributed by atoms with E-state index in [-0.39, 0.29) is 12.6 Å². The molecule has 0 saturated heterocycles. The molecule has 1 unspecified atom stereocenters. The first-order chi connectivity index (χ1) is 8.56. The molecule has 1 atom stereocenters. The fourth-order valence-corrected chi connectivity index (χ4v) is 1.43. The van der Waals surface area contributed by atoms with Crippen molar-refractivity contribution in [3.63, 3.8) is 0 Å². The molecule has 7 nitrogen and oxygen atoms in total. The summed E-state index contributed by atoms with van der Waals surface area (Å²) in [5.74, 6) is 1.68. The van der Waals surface area contributed by atoms with Crippen LogP contribution in [0.2, 0.25) is 0 Å². The van der Waals surface area contributed by atoms with E-state index in [1.165, 1.54) is 0 Å².